The minimum Gasteiger partial charge on any atom is -0.331 e. The maximum absolute atomic E-state index is 6.35. The van der Waals surface area contributed by atoms with E-state index in [1.54, 1.807) is 0 Å². The number of rotatable bonds is 5. The van der Waals surface area contributed by atoms with E-state index in [9.17, 15) is 0 Å². The van der Waals surface area contributed by atoms with Crippen molar-refractivity contribution in [3.05, 3.63) is 41.2 Å². The maximum Gasteiger partial charge on any atom is 0.141 e. The first-order valence-corrected chi connectivity index (χ1v) is 6.58. The Morgan fingerprint density at radius 1 is 1.39 bits per heavy atom. The Labute approximate surface area is 113 Å². The summed E-state index contributed by atoms with van der Waals surface area (Å²) >= 11 is 6.35. The molecule has 0 saturated carbocycles. The van der Waals surface area contributed by atoms with E-state index >= 15 is 0 Å². The molecule has 1 aromatic carbocycles. The van der Waals surface area contributed by atoms with Crippen LogP contribution in [0.2, 0.25) is 5.02 Å². The van der Waals surface area contributed by atoms with E-state index < -0.39 is 0 Å². The average Bonchev–Trinajstić information content (AvgIpc) is 2.78. The Kier molecular flexibility index (Phi) is 4.39. The van der Waals surface area contributed by atoms with Crippen LogP contribution in [0.1, 0.15) is 18.9 Å². The molecule has 3 nitrogen and oxygen atoms in total. The monoisotopic (exact) mass is 263 g/mol. The third-order valence-corrected chi connectivity index (χ3v) is 3.15. The molecule has 0 aliphatic heterocycles. The highest BCUT2D eigenvalue weighted by atomic mass is 35.5. The molecule has 0 spiro atoms. The summed E-state index contributed by atoms with van der Waals surface area (Å²) in [5, 5.41) is 3.87. The molecule has 1 N–H and O–H groups in total. The van der Waals surface area contributed by atoms with Crippen molar-refractivity contribution >= 4 is 11.6 Å². The van der Waals surface area contributed by atoms with Gasteiger partial charge in [-0.2, -0.15) is 0 Å². The van der Waals surface area contributed by atoms with Gasteiger partial charge in [-0.25, -0.2) is 4.98 Å². The number of benzene rings is 1. The Morgan fingerprint density at radius 3 is 2.89 bits per heavy atom. The second kappa shape index (κ2) is 6.03. The summed E-state index contributed by atoms with van der Waals surface area (Å²) in [6, 6.07) is 6.13. The first kappa shape index (κ1) is 13.1. The summed E-state index contributed by atoms with van der Waals surface area (Å²) in [6.07, 6.45) is 4.90. The minimum absolute atomic E-state index is 0.756. The summed E-state index contributed by atoms with van der Waals surface area (Å²) in [6.45, 7) is 3.94. The smallest absolute Gasteiger partial charge is 0.141 e. The molecule has 0 unspecified atom stereocenters. The third-order valence-electron chi connectivity index (χ3n) is 2.84. The number of aromatic nitrogens is 2. The van der Waals surface area contributed by atoms with E-state index in [0.717, 1.165) is 35.9 Å². The Balaban J connectivity index is 2.35. The number of hydrogen-bond acceptors (Lipinski definition) is 2. The quantitative estimate of drug-likeness (QED) is 0.897. The second-order valence-corrected chi connectivity index (χ2v) is 4.70. The van der Waals surface area contributed by atoms with Crippen molar-refractivity contribution in [2.75, 3.05) is 7.05 Å². The maximum atomic E-state index is 6.35. The van der Waals surface area contributed by atoms with Gasteiger partial charge < -0.3 is 9.88 Å². The molecule has 0 atom stereocenters. The molecule has 0 aliphatic rings. The van der Waals surface area contributed by atoms with E-state index in [0.29, 0.717) is 0 Å². The zero-order valence-electron chi connectivity index (χ0n) is 10.8. The molecular formula is C14H18ClN3. The van der Waals surface area contributed by atoms with Crippen molar-refractivity contribution in [2.45, 2.75) is 26.4 Å². The van der Waals surface area contributed by atoms with Crippen molar-refractivity contribution in [1.29, 1.82) is 0 Å². The van der Waals surface area contributed by atoms with Crippen molar-refractivity contribution in [1.82, 2.24) is 14.9 Å². The lowest BCUT2D eigenvalue weighted by atomic mass is 10.1. The molecule has 4 heteroatoms. The van der Waals surface area contributed by atoms with Gasteiger partial charge in [-0.1, -0.05) is 24.6 Å². The Bertz CT molecular complexity index is 520. The van der Waals surface area contributed by atoms with Crippen LogP contribution >= 0.6 is 11.6 Å². The molecular weight excluding hydrogens is 246 g/mol. The van der Waals surface area contributed by atoms with Crippen LogP contribution in [-0.4, -0.2) is 16.6 Å². The fourth-order valence-electron chi connectivity index (χ4n) is 2.03. The van der Waals surface area contributed by atoms with Crippen LogP contribution in [0.15, 0.2) is 30.6 Å². The topological polar surface area (TPSA) is 29.9 Å². The van der Waals surface area contributed by atoms with Gasteiger partial charge in [-0.05, 0) is 31.2 Å². The largest absolute Gasteiger partial charge is 0.331 e. The molecule has 96 valence electrons. The van der Waals surface area contributed by atoms with Gasteiger partial charge >= 0.3 is 0 Å². The van der Waals surface area contributed by atoms with Crippen LogP contribution in [0.5, 0.6) is 0 Å². The SMILES string of the molecule is CCCn1ccnc1-c1ccc(CNC)cc1Cl. The van der Waals surface area contributed by atoms with E-state index in [4.69, 9.17) is 11.6 Å². The molecule has 0 saturated heterocycles. The molecule has 2 aromatic rings. The van der Waals surface area contributed by atoms with Gasteiger partial charge in [-0.3, -0.25) is 0 Å². The lowest BCUT2D eigenvalue weighted by Crippen LogP contribution is -2.05. The Hall–Kier alpha value is -1.32. The highest BCUT2D eigenvalue weighted by molar-refractivity contribution is 6.33. The lowest BCUT2D eigenvalue weighted by molar-refractivity contribution is 0.685. The minimum atomic E-state index is 0.756. The fraction of sp³-hybridized carbons (Fsp3) is 0.357. The molecule has 0 aliphatic carbocycles. The predicted octanol–water partition coefficient (Wildman–Crippen LogP) is 3.33. The summed E-state index contributed by atoms with van der Waals surface area (Å²) in [7, 11) is 1.93. The summed E-state index contributed by atoms with van der Waals surface area (Å²) in [4.78, 5) is 4.40. The van der Waals surface area contributed by atoms with E-state index in [2.05, 4.69) is 27.9 Å². The van der Waals surface area contributed by atoms with Crippen LogP contribution in [0, 0.1) is 0 Å². The zero-order valence-corrected chi connectivity index (χ0v) is 11.5. The Morgan fingerprint density at radius 2 is 2.22 bits per heavy atom. The first-order chi connectivity index (χ1) is 8.76. The van der Waals surface area contributed by atoms with Crippen molar-refractivity contribution in [3.8, 4) is 11.4 Å². The average molecular weight is 264 g/mol. The molecule has 1 aromatic heterocycles. The van der Waals surface area contributed by atoms with Crippen molar-refractivity contribution in [3.63, 3.8) is 0 Å². The fourth-order valence-corrected chi connectivity index (χ4v) is 2.32. The number of nitrogens with zero attached hydrogens (tertiary/aromatic N) is 2. The highest BCUT2D eigenvalue weighted by Gasteiger charge is 2.09. The first-order valence-electron chi connectivity index (χ1n) is 6.20. The molecule has 18 heavy (non-hydrogen) atoms. The standard InChI is InChI=1S/C14H18ClN3/c1-3-7-18-8-6-17-14(18)12-5-4-11(10-16-2)9-13(12)15/h4-6,8-9,16H,3,7,10H2,1-2H3. The van der Waals surface area contributed by atoms with Gasteiger partial charge in [0.15, 0.2) is 0 Å². The van der Waals surface area contributed by atoms with Crippen LogP contribution in [0.25, 0.3) is 11.4 Å². The zero-order chi connectivity index (χ0) is 13.0. The summed E-state index contributed by atoms with van der Waals surface area (Å²) in [5.74, 6) is 0.942. The number of aryl methyl sites for hydroxylation is 1. The molecule has 1 heterocycles. The van der Waals surface area contributed by atoms with Crippen LogP contribution in [0.4, 0.5) is 0 Å². The number of hydrogen-bond donors (Lipinski definition) is 1. The van der Waals surface area contributed by atoms with Gasteiger partial charge in [0.2, 0.25) is 0 Å². The molecule has 0 radical (unpaired) electrons. The second-order valence-electron chi connectivity index (χ2n) is 4.29. The van der Waals surface area contributed by atoms with Gasteiger partial charge in [-0.15, -0.1) is 0 Å². The van der Waals surface area contributed by atoms with Gasteiger partial charge in [0.05, 0.1) is 5.02 Å². The van der Waals surface area contributed by atoms with Crippen molar-refractivity contribution in [2.24, 2.45) is 0 Å². The van der Waals surface area contributed by atoms with Gasteiger partial charge in [0, 0.05) is 31.0 Å². The molecule has 0 bridgehead atoms. The van der Waals surface area contributed by atoms with Crippen LogP contribution in [0.3, 0.4) is 0 Å². The van der Waals surface area contributed by atoms with Crippen LogP contribution < -0.4 is 5.32 Å². The number of halogens is 1. The number of imidazole rings is 1. The van der Waals surface area contributed by atoms with E-state index in [1.807, 2.05) is 31.6 Å². The third kappa shape index (κ3) is 2.74. The predicted molar refractivity (Wildman–Crippen MR) is 75.7 cm³/mol. The van der Waals surface area contributed by atoms with Gasteiger partial charge in [0.25, 0.3) is 0 Å². The normalized spacial score (nSPS) is 10.8. The van der Waals surface area contributed by atoms with E-state index in [-0.39, 0.29) is 0 Å². The summed E-state index contributed by atoms with van der Waals surface area (Å²) < 4.78 is 2.14. The lowest BCUT2D eigenvalue weighted by Gasteiger charge is -2.09. The van der Waals surface area contributed by atoms with Gasteiger partial charge in [0.1, 0.15) is 5.82 Å². The van der Waals surface area contributed by atoms with Crippen LogP contribution in [-0.2, 0) is 13.1 Å². The summed E-state index contributed by atoms with van der Waals surface area (Å²) in [5.41, 5.74) is 2.18. The molecule has 0 fully saturated rings. The highest BCUT2D eigenvalue weighted by Crippen LogP contribution is 2.27. The molecule has 2 rings (SSSR count). The van der Waals surface area contributed by atoms with E-state index in [1.165, 1.54) is 5.56 Å². The number of nitrogens with one attached hydrogen (secondary N) is 1. The van der Waals surface area contributed by atoms with Crippen molar-refractivity contribution < 1.29 is 0 Å². The molecule has 0 amide bonds.